The number of rotatable bonds is 6. The Morgan fingerprint density at radius 2 is 1.67 bits per heavy atom. The summed E-state index contributed by atoms with van der Waals surface area (Å²) in [7, 11) is 4.85. The van der Waals surface area contributed by atoms with Crippen molar-refractivity contribution in [2.45, 2.75) is 13.5 Å². The Labute approximate surface area is 177 Å². The fourth-order valence-electron chi connectivity index (χ4n) is 4.10. The molecule has 1 aliphatic heterocycles. The van der Waals surface area contributed by atoms with Gasteiger partial charge in [0.15, 0.2) is 11.5 Å². The first-order valence-corrected chi connectivity index (χ1v) is 10.1. The Kier molecular flexibility index (Phi) is 5.90. The van der Waals surface area contributed by atoms with Crippen molar-refractivity contribution >= 4 is 16.7 Å². The summed E-state index contributed by atoms with van der Waals surface area (Å²) in [6.45, 7) is 6.81. The number of aryl methyl sites for hydroxylation is 1. The number of hydrogen-bond donors (Lipinski definition) is 0. The smallest absolute Gasteiger partial charge is 0.204 e. The second kappa shape index (κ2) is 8.75. The van der Waals surface area contributed by atoms with Crippen LogP contribution in [-0.4, -0.2) is 62.4 Å². The second-order valence-corrected chi connectivity index (χ2v) is 7.49. The average molecular weight is 409 g/mol. The van der Waals surface area contributed by atoms with E-state index in [-0.39, 0.29) is 0 Å². The molecule has 2 aromatic carbocycles. The summed E-state index contributed by atoms with van der Waals surface area (Å²) in [6.07, 6.45) is 1.60. The molecule has 7 nitrogen and oxygen atoms in total. The zero-order valence-electron chi connectivity index (χ0n) is 18.0. The van der Waals surface area contributed by atoms with Crippen LogP contribution in [-0.2, 0) is 6.54 Å². The summed E-state index contributed by atoms with van der Waals surface area (Å²) < 4.78 is 16.7. The van der Waals surface area contributed by atoms with Gasteiger partial charge in [-0.2, -0.15) is 0 Å². The van der Waals surface area contributed by atoms with Gasteiger partial charge in [0.2, 0.25) is 5.75 Å². The summed E-state index contributed by atoms with van der Waals surface area (Å²) >= 11 is 0. The molecule has 2 heterocycles. The second-order valence-electron chi connectivity index (χ2n) is 7.49. The zero-order chi connectivity index (χ0) is 21.1. The highest BCUT2D eigenvalue weighted by Crippen LogP contribution is 2.45. The molecular formula is C23H28N4O3. The predicted octanol–water partition coefficient (Wildman–Crippen LogP) is 3.29. The van der Waals surface area contributed by atoms with E-state index in [0.717, 1.165) is 49.4 Å². The van der Waals surface area contributed by atoms with E-state index in [1.165, 1.54) is 11.1 Å². The number of benzene rings is 2. The van der Waals surface area contributed by atoms with E-state index in [2.05, 4.69) is 51.0 Å². The van der Waals surface area contributed by atoms with Gasteiger partial charge in [-0.1, -0.05) is 29.8 Å². The lowest BCUT2D eigenvalue weighted by Crippen LogP contribution is -2.46. The van der Waals surface area contributed by atoms with E-state index in [1.807, 2.05) is 6.07 Å². The van der Waals surface area contributed by atoms with Crippen molar-refractivity contribution in [2.24, 2.45) is 0 Å². The summed E-state index contributed by atoms with van der Waals surface area (Å²) in [5.74, 6) is 2.62. The van der Waals surface area contributed by atoms with Crippen molar-refractivity contribution in [3.63, 3.8) is 0 Å². The lowest BCUT2D eigenvalue weighted by Gasteiger charge is -2.36. The normalized spacial score (nSPS) is 14.7. The van der Waals surface area contributed by atoms with Crippen molar-refractivity contribution in [3.8, 4) is 17.2 Å². The van der Waals surface area contributed by atoms with Crippen molar-refractivity contribution in [2.75, 3.05) is 52.4 Å². The predicted molar refractivity (Wildman–Crippen MR) is 118 cm³/mol. The number of aromatic nitrogens is 2. The van der Waals surface area contributed by atoms with Crippen LogP contribution in [0.3, 0.4) is 0 Å². The maximum absolute atomic E-state index is 5.71. The quantitative estimate of drug-likeness (QED) is 0.620. The molecule has 0 amide bonds. The van der Waals surface area contributed by atoms with Crippen LogP contribution < -0.4 is 19.1 Å². The largest absolute Gasteiger partial charge is 0.493 e. The first-order chi connectivity index (χ1) is 14.6. The molecule has 1 aromatic heterocycles. The molecule has 30 heavy (non-hydrogen) atoms. The third-order valence-corrected chi connectivity index (χ3v) is 5.57. The number of ether oxygens (including phenoxy) is 3. The SMILES string of the molecule is COc1cc2ncnc(N3CCN(Cc4cccc(C)c4)CC3)c2c(OC)c1OC. The minimum absolute atomic E-state index is 0.557. The molecule has 4 rings (SSSR count). The molecule has 0 bridgehead atoms. The van der Waals surface area contributed by atoms with E-state index < -0.39 is 0 Å². The maximum Gasteiger partial charge on any atom is 0.204 e. The molecule has 158 valence electrons. The average Bonchev–Trinajstić information content (AvgIpc) is 2.77. The van der Waals surface area contributed by atoms with Crippen LogP contribution in [0.25, 0.3) is 10.9 Å². The highest BCUT2D eigenvalue weighted by Gasteiger charge is 2.25. The van der Waals surface area contributed by atoms with Gasteiger partial charge in [-0.3, -0.25) is 4.90 Å². The van der Waals surface area contributed by atoms with Gasteiger partial charge < -0.3 is 19.1 Å². The number of fused-ring (bicyclic) bond motifs is 1. The summed E-state index contributed by atoms with van der Waals surface area (Å²) in [5, 5.41) is 0.852. The van der Waals surface area contributed by atoms with Gasteiger partial charge in [-0.05, 0) is 12.5 Å². The van der Waals surface area contributed by atoms with Crippen molar-refractivity contribution in [1.82, 2.24) is 14.9 Å². The van der Waals surface area contributed by atoms with Crippen molar-refractivity contribution in [3.05, 3.63) is 47.8 Å². The Morgan fingerprint density at radius 1 is 0.900 bits per heavy atom. The van der Waals surface area contributed by atoms with Gasteiger partial charge in [-0.25, -0.2) is 9.97 Å². The fourth-order valence-corrected chi connectivity index (χ4v) is 4.10. The molecule has 0 N–H and O–H groups in total. The Balaban J connectivity index is 1.60. The molecule has 0 atom stereocenters. The van der Waals surface area contributed by atoms with Gasteiger partial charge in [-0.15, -0.1) is 0 Å². The van der Waals surface area contributed by atoms with Crippen LogP contribution in [0.4, 0.5) is 5.82 Å². The molecule has 0 unspecified atom stereocenters. The van der Waals surface area contributed by atoms with Gasteiger partial charge >= 0.3 is 0 Å². The Bertz CT molecular complexity index is 1030. The minimum atomic E-state index is 0.557. The minimum Gasteiger partial charge on any atom is -0.493 e. The molecule has 1 aliphatic rings. The van der Waals surface area contributed by atoms with Crippen LogP contribution in [0.5, 0.6) is 17.2 Å². The van der Waals surface area contributed by atoms with E-state index >= 15 is 0 Å². The van der Waals surface area contributed by atoms with Gasteiger partial charge in [0, 0.05) is 38.8 Å². The molecule has 1 saturated heterocycles. The van der Waals surface area contributed by atoms with E-state index in [9.17, 15) is 0 Å². The highest BCUT2D eigenvalue weighted by molar-refractivity contribution is 5.98. The molecule has 3 aromatic rings. The maximum atomic E-state index is 5.71. The summed E-state index contributed by atoms with van der Waals surface area (Å²) in [5.41, 5.74) is 3.43. The number of nitrogens with zero attached hydrogens (tertiary/aromatic N) is 4. The number of piperazine rings is 1. The van der Waals surface area contributed by atoms with Crippen LogP contribution in [0.15, 0.2) is 36.7 Å². The van der Waals surface area contributed by atoms with Gasteiger partial charge in [0.25, 0.3) is 0 Å². The van der Waals surface area contributed by atoms with E-state index in [1.54, 1.807) is 27.7 Å². The van der Waals surface area contributed by atoms with Crippen LogP contribution in [0.2, 0.25) is 0 Å². The van der Waals surface area contributed by atoms with Gasteiger partial charge in [0.05, 0.1) is 32.2 Å². The molecule has 0 spiro atoms. The van der Waals surface area contributed by atoms with Crippen LogP contribution >= 0.6 is 0 Å². The van der Waals surface area contributed by atoms with Crippen LogP contribution in [0, 0.1) is 6.92 Å². The first-order valence-electron chi connectivity index (χ1n) is 10.1. The molecular weight excluding hydrogens is 380 g/mol. The van der Waals surface area contributed by atoms with E-state index in [4.69, 9.17) is 14.2 Å². The number of anilines is 1. The zero-order valence-corrected chi connectivity index (χ0v) is 18.0. The van der Waals surface area contributed by atoms with E-state index in [0.29, 0.717) is 17.2 Å². The van der Waals surface area contributed by atoms with Gasteiger partial charge in [0.1, 0.15) is 12.1 Å². The molecule has 0 radical (unpaired) electrons. The standard InChI is InChI=1S/C23H28N4O3/c1-16-6-5-7-17(12-16)14-26-8-10-27(11-9-26)23-20-18(24-15-25-23)13-19(28-2)21(29-3)22(20)30-4/h5-7,12-13,15H,8-11,14H2,1-4H3. The third kappa shape index (κ3) is 3.85. The number of hydrogen-bond acceptors (Lipinski definition) is 7. The first kappa shape index (κ1) is 20.2. The van der Waals surface area contributed by atoms with Crippen LogP contribution in [0.1, 0.15) is 11.1 Å². The highest BCUT2D eigenvalue weighted by atomic mass is 16.5. The lowest BCUT2D eigenvalue weighted by atomic mass is 10.1. The summed E-state index contributed by atoms with van der Waals surface area (Å²) in [6, 6.07) is 10.6. The van der Waals surface area contributed by atoms with Crippen molar-refractivity contribution < 1.29 is 14.2 Å². The molecule has 7 heteroatoms. The molecule has 0 aliphatic carbocycles. The molecule has 0 saturated carbocycles. The topological polar surface area (TPSA) is 60.0 Å². The number of methoxy groups -OCH3 is 3. The lowest BCUT2D eigenvalue weighted by molar-refractivity contribution is 0.249. The summed E-state index contributed by atoms with van der Waals surface area (Å²) in [4.78, 5) is 13.8. The van der Waals surface area contributed by atoms with Crippen molar-refractivity contribution in [1.29, 1.82) is 0 Å². The Hall–Kier alpha value is -3.06. The molecule has 1 fully saturated rings. The Morgan fingerprint density at radius 3 is 2.33 bits per heavy atom. The fraction of sp³-hybridized carbons (Fsp3) is 0.391. The monoisotopic (exact) mass is 408 g/mol. The third-order valence-electron chi connectivity index (χ3n) is 5.57.